The lowest BCUT2D eigenvalue weighted by molar-refractivity contribution is 0.584. The average molecular weight is 176 g/mol. The van der Waals surface area contributed by atoms with E-state index in [2.05, 4.69) is 5.10 Å². The van der Waals surface area contributed by atoms with Crippen LogP contribution in [0.4, 0.5) is 0 Å². The molecule has 0 bridgehead atoms. The highest BCUT2D eigenvalue weighted by Gasteiger charge is 2.03. The van der Waals surface area contributed by atoms with E-state index in [9.17, 15) is 0 Å². The molecule has 0 saturated carbocycles. The number of fused-ring (bicyclic) bond motifs is 1. The van der Waals surface area contributed by atoms with Crippen LogP contribution in [0.25, 0.3) is 10.9 Å². The van der Waals surface area contributed by atoms with Crippen LogP contribution in [-0.2, 0) is 14.1 Å². The van der Waals surface area contributed by atoms with Gasteiger partial charge in [0.15, 0.2) is 5.49 Å². The largest absolute Gasteiger partial charge is 0.321 e. The number of rotatable bonds is 0. The van der Waals surface area contributed by atoms with Crippen LogP contribution in [-0.4, -0.2) is 9.36 Å². The quantitative estimate of drug-likeness (QED) is 0.455. The molecule has 13 heavy (non-hydrogen) atoms. The van der Waals surface area contributed by atoms with Crippen molar-refractivity contribution in [2.45, 2.75) is 0 Å². The molecule has 0 atom stereocenters. The fraction of sp³-hybridized carbons (Fsp3) is 0.222. The fourth-order valence-corrected chi connectivity index (χ4v) is 1.58. The summed E-state index contributed by atoms with van der Waals surface area (Å²) >= 11 is 0. The van der Waals surface area contributed by atoms with E-state index in [-0.39, 0.29) is 0 Å². The maximum absolute atomic E-state index is 5.32. The summed E-state index contributed by atoms with van der Waals surface area (Å²) in [5, 5.41) is 4.84. The molecule has 0 saturated heterocycles. The Labute approximate surface area is 75.9 Å². The summed E-state index contributed by atoms with van der Waals surface area (Å²) in [6.45, 7) is 0. The minimum Gasteiger partial charge on any atom is -0.321 e. The number of benzene rings is 1. The Morgan fingerprint density at radius 1 is 1.15 bits per heavy atom. The number of aromatic nitrogens is 2. The normalized spacial score (nSPS) is 12.6. The number of aryl methyl sites for hydroxylation is 1. The second-order valence-corrected chi connectivity index (χ2v) is 3.02. The van der Waals surface area contributed by atoms with Crippen molar-refractivity contribution >= 4 is 10.9 Å². The molecule has 0 radical (unpaired) electrons. The van der Waals surface area contributed by atoms with Crippen LogP contribution >= 0.6 is 0 Å². The van der Waals surface area contributed by atoms with Crippen molar-refractivity contribution in [2.75, 3.05) is 0 Å². The molecule has 1 aromatic heterocycles. The van der Waals surface area contributed by atoms with Gasteiger partial charge in [-0.3, -0.25) is 9.36 Å². The molecule has 4 heteroatoms. The van der Waals surface area contributed by atoms with E-state index in [1.165, 1.54) is 0 Å². The molecule has 68 valence electrons. The molecule has 0 aliphatic carbocycles. The molecular weight excluding hydrogens is 164 g/mol. The van der Waals surface area contributed by atoms with E-state index < -0.39 is 0 Å². The minimum atomic E-state index is 0.804. The van der Waals surface area contributed by atoms with Crippen LogP contribution < -0.4 is 11.3 Å². The summed E-state index contributed by atoms with van der Waals surface area (Å²) in [5.74, 6) is 5.32. The predicted molar refractivity (Wildman–Crippen MR) is 51.6 cm³/mol. The van der Waals surface area contributed by atoms with Crippen molar-refractivity contribution in [1.82, 2.24) is 9.36 Å². The number of hydrogen-bond donors (Lipinski definition) is 1. The van der Waals surface area contributed by atoms with Crippen molar-refractivity contribution in [3.05, 3.63) is 29.8 Å². The maximum Gasteiger partial charge on any atom is 0.175 e. The number of hydrogen-bond acceptors (Lipinski definition) is 2. The van der Waals surface area contributed by atoms with Crippen LogP contribution in [0.15, 0.2) is 29.4 Å². The zero-order valence-corrected chi connectivity index (χ0v) is 7.73. The molecule has 2 aromatic rings. The smallest absolute Gasteiger partial charge is 0.175 e. The molecule has 0 unspecified atom stereocenters. The third kappa shape index (κ3) is 0.950. The first-order valence-corrected chi connectivity index (χ1v) is 4.10. The Kier molecular flexibility index (Phi) is 1.62. The zero-order chi connectivity index (χ0) is 9.42. The molecule has 2 N–H and O–H groups in total. The summed E-state index contributed by atoms with van der Waals surface area (Å²) < 4.78 is 3.94. The Bertz CT molecular complexity index is 504. The molecule has 1 aromatic carbocycles. The fourth-order valence-electron chi connectivity index (χ4n) is 1.58. The summed E-state index contributed by atoms with van der Waals surface area (Å²) in [6.07, 6.45) is 0. The Balaban J connectivity index is 3.08. The molecular formula is C9H12N4. The van der Waals surface area contributed by atoms with E-state index in [4.69, 9.17) is 5.84 Å². The van der Waals surface area contributed by atoms with Crippen molar-refractivity contribution in [3.8, 4) is 0 Å². The first kappa shape index (κ1) is 7.91. The van der Waals surface area contributed by atoms with Crippen molar-refractivity contribution < 1.29 is 0 Å². The van der Waals surface area contributed by atoms with Gasteiger partial charge in [0.1, 0.15) is 0 Å². The highest BCUT2D eigenvalue weighted by atomic mass is 15.4. The van der Waals surface area contributed by atoms with E-state index >= 15 is 0 Å². The summed E-state index contributed by atoms with van der Waals surface area (Å²) in [6, 6.07) is 8.05. The third-order valence-electron chi connectivity index (χ3n) is 2.37. The Morgan fingerprint density at radius 3 is 2.54 bits per heavy atom. The van der Waals surface area contributed by atoms with Gasteiger partial charge in [-0.05, 0) is 12.1 Å². The Hall–Kier alpha value is -1.71. The Morgan fingerprint density at radius 2 is 1.85 bits per heavy atom. The van der Waals surface area contributed by atoms with E-state index in [1.807, 2.05) is 47.7 Å². The highest BCUT2D eigenvalue weighted by Crippen LogP contribution is 2.07. The van der Waals surface area contributed by atoms with E-state index in [1.54, 1.807) is 0 Å². The van der Waals surface area contributed by atoms with Gasteiger partial charge in [0.05, 0.1) is 5.52 Å². The molecule has 0 aliphatic heterocycles. The van der Waals surface area contributed by atoms with Crippen molar-refractivity contribution in [2.24, 2.45) is 25.0 Å². The molecule has 0 aliphatic rings. The lowest BCUT2D eigenvalue weighted by atomic mass is 10.2. The van der Waals surface area contributed by atoms with Crippen LogP contribution in [0.3, 0.4) is 0 Å². The van der Waals surface area contributed by atoms with Crippen molar-refractivity contribution in [3.63, 3.8) is 0 Å². The molecule has 2 rings (SSSR count). The second-order valence-electron chi connectivity index (χ2n) is 3.02. The summed E-state index contributed by atoms with van der Waals surface area (Å²) in [4.78, 5) is 0. The van der Waals surface area contributed by atoms with Gasteiger partial charge in [0, 0.05) is 19.5 Å². The van der Waals surface area contributed by atoms with Gasteiger partial charge in [-0.25, -0.2) is 0 Å². The topological polar surface area (TPSA) is 48.2 Å². The van der Waals surface area contributed by atoms with Crippen LogP contribution in [0.1, 0.15) is 0 Å². The van der Waals surface area contributed by atoms with Gasteiger partial charge < -0.3 is 5.84 Å². The SMILES string of the molecule is Cn1c(=NN)c2ccccc2n1C. The van der Waals surface area contributed by atoms with Gasteiger partial charge in [0.2, 0.25) is 0 Å². The lowest BCUT2D eigenvalue weighted by Crippen LogP contribution is -2.20. The first-order valence-electron chi connectivity index (χ1n) is 4.10. The van der Waals surface area contributed by atoms with E-state index in [0.29, 0.717) is 0 Å². The van der Waals surface area contributed by atoms with Crippen LogP contribution in [0.2, 0.25) is 0 Å². The van der Waals surface area contributed by atoms with Gasteiger partial charge in [-0.1, -0.05) is 12.1 Å². The lowest BCUT2D eigenvalue weighted by Gasteiger charge is -1.99. The molecule has 1 heterocycles. The van der Waals surface area contributed by atoms with Crippen LogP contribution in [0.5, 0.6) is 0 Å². The third-order valence-corrected chi connectivity index (χ3v) is 2.37. The van der Waals surface area contributed by atoms with Crippen LogP contribution in [0, 0.1) is 0 Å². The predicted octanol–water partition coefficient (Wildman–Crippen LogP) is 0.291. The molecule has 0 spiro atoms. The van der Waals surface area contributed by atoms with Crippen molar-refractivity contribution in [1.29, 1.82) is 0 Å². The monoisotopic (exact) mass is 176 g/mol. The molecule has 0 fully saturated rings. The van der Waals surface area contributed by atoms with E-state index in [0.717, 1.165) is 16.4 Å². The second kappa shape index (κ2) is 2.65. The summed E-state index contributed by atoms with van der Waals surface area (Å²) in [5.41, 5.74) is 1.94. The van der Waals surface area contributed by atoms with Gasteiger partial charge in [-0.15, -0.1) is 0 Å². The molecule has 0 amide bonds. The minimum absolute atomic E-state index is 0.804. The number of nitrogens with zero attached hydrogens (tertiary/aromatic N) is 3. The standard InChI is InChI=1S/C9H12N4/c1-12-8-6-4-3-5-7(8)9(11-10)13(12)2/h3-6H,10H2,1-2H3. The highest BCUT2D eigenvalue weighted by molar-refractivity contribution is 5.78. The first-order chi connectivity index (χ1) is 6.25. The molecule has 4 nitrogen and oxygen atoms in total. The van der Waals surface area contributed by atoms with Gasteiger partial charge >= 0.3 is 0 Å². The van der Waals surface area contributed by atoms with Gasteiger partial charge in [-0.2, -0.15) is 5.10 Å². The maximum atomic E-state index is 5.32. The zero-order valence-electron chi connectivity index (χ0n) is 7.73. The summed E-state index contributed by atoms with van der Waals surface area (Å²) in [7, 11) is 3.92. The van der Waals surface area contributed by atoms with Gasteiger partial charge in [0.25, 0.3) is 0 Å². The average Bonchev–Trinajstić information content (AvgIpc) is 2.41. The number of nitrogens with two attached hydrogens (primary N) is 1. The number of para-hydroxylation sites is 1.